The summed E-state index contributed by atoms with van der Waals surface area (Å²) in [7, 11) is 0. The summed E-state index contributed by atoms with van der Waals surface area (Å²) in [5.41, 5.74) is 0.324. The van der Waals surface area contributed by atoms with Gasteiger partial charge in [0.05, 0.1) is 6.42 Å². The summed E-state index contributed by atoms with van der Waals surface area (Å²) in [4.78, 5) is 21.1. The van der Waals surface area contributed by atoms with E-state index in [1.807, 2.05) is 0 Å². The van der Waals surface area contributed by atoms with Crippen LogP contribution in [-0.4, -0.2) is 22.2 Å². The highest BCUT2D eigenvalue weighted by Gasteiger charge is 2.17. The highest BCUT2D eigenvalue weighted by atomic mass is 79.9. The predicted molar refractivity (Wildman–Crippen MR) is 50.3 cm³/mol. The number of carboxylic acid groups (broad SMARTS) is 2. The van der Waals surface area contributed by atoms with E-state index in [-0.39, 0.29) is 11.3 Å². The Morgan fingerprint density at radius 3 is 2.54 bits per heavy atom. The molecule has 0 unspecified atom stereocenters. The van der Waals surface area contributed by atoms with E-state index in [1.54, 1.807) is 5.38 Å². The maximum absolute atomic E-state index is 10.6. The number of thiophene rings is 1. The lowest BCUT2D eigenvalue weighted by molar-refractivity contribution is -0.136. The van der Waals surface area contributed by atoms with Crippen LogP contribution in [-0.2, 0) is 11.2 Å². The monoisotopic (exact) mass is 264 g/mol. The highest BCUT2D eigenvalue weighted by molar-refractivity contribution is 9.10. The molecule has 6 heteroatoms. The molecule has 4 nitrogen and oxygen atoms in total. The molecule has 0 aliphatic carbocycles. The Kier molecular flexibility index (Phi) is 3.05. The Morgan fingerprint density at radius 2 is 2.08 bits per heavy atom. The van der Waals surface area contributed by atoms with Crippen LogP contribution in [0.1, 0.15) is 15.2 Å². The Bertz CT molecular complexity index is 357. The fourth-order valence-electron chi connectivity index (χ4n) is 0.857. The molecule has 0 radical (unpaired) electrons. The number of halogens is 1. The molecule has 0 fully saturated rings. The van der Waals surface area contributed by atoms with E-state index in [0.29, 0.717) is 10.0 Å². The number of rotatable bonds is 3. The van der Waals surface area contributed by atoms with Crippen LogP contribution >= 0.6 is 27.3 Å². The van der Waals surface area contributed by atoms with Crippen molar-refractivity contribution >= 4 is 39.2 Å². The van der Waals surface area contributed by atoms with Crippen molar-refractivity contribution in [3.05, 3.63) is 20.3 Å². The number of carboxylic acids is 2. The number of aliphatic carboxylic acids is 1. The second-order valence-corrected chi connectivity index (χ2v) is 4.00. The van der Waals surface area contributed by atoms with Crippen molar-refractivity contribution in [1.82, 2.24) is 0 Å². The van der Waals surface area contributed by atoms with E-state index in [4.69, 9.17) is 10.2 Å². The summed E-state index contributed by atoms with van der Waals surface area (Å²) in [5, 5.41) is 18.8. The molecule has 70 valence electrons. The van der Waals surface area contributed by atoms with Crippen molar-refractivity contribution in [1.29, 1.82) is 0 Å². The van der Waals surface area contributed by atoms with Gasteiger partial charge in [0.15, 0.2) is 0 Å². The molecule has 0 saturated carbocycles. The number of hydrogen-bond acceptors (Lipinski definition) is 3. The van der Waals surface area contributed by atoms with Crippen molar-refractivity contribution in [2.24, 2.45) is 0 Å². The highest BCUT2D eigenvalue weighted by Crippen LogP contribution is 2.27. The van der Waals surface area contributed by atoms with Crippen molar-refractivity contribution in [2.45, 2.75) is 6.42 Å². The van der Waals surface area contributed by atoms with Crippen molar-refractivity contribution in [3.63, 3.8) is 0 Å². The minimum absolute atomic E-state index is 0.0780. The van der Waals surface area contributed by atoms with Crippen LogP contribution < -0.4 is 0 Å². The smallest absolute Gasteiger partial charge is 0.346 e. The van der Waals surface area contributed by atoms with Gasteiger partial charge in [0.1, 0.15) is 4.88 Å². The third-order valence-corrected chi connectivity index (χ3v) is 3.39. The molecule has 0 aliphatic rings. The summed E-state index contributed by atoms with van der Waals surface area (Å²) in [6.07, 6.45) is -0.272. The molecule has 1 rings (SSSR count). The third kappa shape index (κ3) is 2.28. The van der Waals surface area contributed by atoms with Gasteiger partial charge in [0.25, 0.3) is 0 Å². The molecule has 0 amide bonds. The zero-order valence-corrected chi connectivity index (χ0v) is 8.68. The summed E-state index contributed by atoms with van der Waals surface area (Å²) >= 11 is 4.11. The second-order valence-electron chi connectivity index (χ2n) is 2.27. The van der Waals surface area contributed by atoms with E-state index in [1.165, 1.54) is 0 Å². The number of aromatic carboxylic acids is 1. The average Bonchev–Trinajstić information content (AvgIpc) is 2.32. The van der Waals surface area contributed by atoms with Gasteiger partial charge in [-0.3, -0.25) is 4.79 Å². The van der Waals surface area contributed by atoms with Gasteiger partial charge in [-0.1, -0.05) is 0 Å². The first-order valence-electron chi connectivity index (χ1n) is 3.23. The minimum atomic E-state index is -1.09. The van der Waals surface area contributed by atoms with Crippen LogP contribution in [0.3, 0.4) is 0 Å². The molecular formula is C7H5BrO4S. The first kappa shape index (κ1) is 10.2. The summed E-state index contributed by atoms with van der Waals surface area (Å²) in [5.74, 6) is -2.13. The molecule has 0 saturated heterocycles. The van der Waals surface area contributed by atoms with Crippen LogP contribution in [0.15, 0.2) is 9.85 Å². The van der Waals surface area contributed by atoms with E-state index < -0.39 is 11.9 Å². The first-order valence-corrected chi connectivity index (χ1v) is 4.90. The molecule has 0 aliphatic heterocycles. The van der Waals surface area contributed by atoms with Gasteiger partial charge in [-0.25, -0.2) is 4.79 Å². The molecule has 13 heavy (non-hydrogen) atoms. The van der Waals surface area contributed by atoms with Gasteiger partial charge in [0, 0.05) is 15.4 Å². The van der Waals surface area contributed by atoms with Gasteiger partial charge < -0.3 is 10.2 Å². The molecule has 1 aromatic rings. The van der Waals surface area contributed by atoms with Crippen LogP contribution in [0.25, 0.3) is 0 Å². The molecule has 1 heterocycles. The van der Waals surface area contributed by atoms with Gasteiger partial charge in [0.2, 0.25) is 0 Å². The molecule has 0 atom stereocenters. The average molecular weight is 265 g/mol. The van der Waals surface area contributed by atoms with E-state index in [0.717, 1.165) is 11.3 Å². The summed E-state index contributed by atoms with van der Waals surface area (Å²) in [6.45, 7) is 0. The second kappa shape index (κ2) is 3.89. The minimum Gasteiger partial charge on any atom is -0.481 e. The van der Waals surface area contributed by atoms with Crippen LogP contribution in [0, 0.1) is 0 Å². The predicted octanol–water partition coefficient (Wildman–Crippen LogP) is 1.84. The van der Waals surface area contributed by atoms with Gasteiger partial charge in [-0.2, -0.15) is 0 Å². The fourth-order valence-corrected chi connectivity index (χ4v) is 2.40. The fraction of sp³-hybridized carbons (Fsp3) is 0.143. The lowest BCUT2D eigenvalue weighted by Gasteiger charge is -1.96. The Morgan fingerprint density at radius 1 is 1.46 bits per heavy atom. The van der Waals surface area contributed by atoms with Crippen molar-refractivity contribution in [3.8, 4) is 0 Å². The molecular weight excluding hydrogens is 260 g/mol. The van der Waals surface area contributed by atoms with E-state index in [2.05, 4.69) is 15.9 Å². The molecule has 0 aromatic carbocycles. The van der Waals surface area contributed by atoms with Crippen molar-refractivity contribution in [2.75, 3.05) is 0 Å². The first-order chi connectivity index (χ1) is 6.02. The quantitative estimate of drug-likeness (QED) is 0.874. The number of hydrogen-bond donors (Lipinski definition) is 2. The van der Waals surface area contributed by atoms with Crippen LogP contribution in [0.4, 0.5) is 0 Å². The molecule has 0 spiro atoms. The standard InChI is InChI=1S/C7H5BrO4S/c8-4-2-13-6(7(11)12)3(4)1-5(9)10/h2H,1H2,(H,9,10)(H,11,12). The van der Waals surface area contributed by atoms with Gasteiger partial charge in [-0.15, -0.1) is 11.3 Å². The largest absolute Gasteiger partial charge is 0.481 e. The van der Waals surface area contributed by atoms with E-state index >= 15 is 0 Å². The van der Waals surface area contributed by atoms with Crippen LogP contribution in [0.5, 0.6) is 0 Å². The molecule has 1 aromatic heterocycles. The summed E-state index contributed by atoms with van der Waals surface area (Å²) in [6, 6.07) is 0. The lowest BCUT2D eigenvalue weighted by atomic mass is 10.2. The lowest BCUT2D eigenvalue weighted by Crippen LogP contribution is -2.05. The molecule has 0 bridgehead atoms. The Hall–Kier alpha value is -0.880. The normalized spacial score (nSPS) is 9.92. The zero-order chi connectivity index (χ0) is 10.0. The zero-order valence-electron chi connectivity index (χ0n) is 6.28. The Labute approximate surface area is 85.9 Å². The topological polar surface area (TPSA) is 74.6 Å². The number of carbonyl (C=O) groups is 2. The van der Waals surface area contributed by atoms with Crippen LogP contribution in [0.2, 0.25) is 0 Å². The van der Waals surface area contributed by atoms with Crippen molar-refractivity contribution < 1.29 is 19.8 Å². The van der Waals surface area contributed by atoms with Gasteiger partial charge >= 0.3 is 11.9 Å². The maximum Gasteiger partial charge on any atom is 0.346 e. The maximum atomic E-state index is 10.6. The van der Waals surface area contributed by atoms with Gasteiger partial charge in [-0.05, 0) is 15.9 Å². The molecule has 2 N–H and O–H groups in total. The summed E-state index contributed by atoms with van der Waals surface area (Å²) < 4.78 is 0.539. The third-order valence-electron chi connectivity index (χ3n) is 1.36. The Balaban J connectivity index is 3.08. The SMILES string of the molecule is O=C(O)Cc1c(Br)csc1C(=O)O. The van der Waals surface area contributed by atoms with E-state index in [9.17, 15) is 9.59 Å².